The van der Waals surface area contributed by atoms with Crippen LogP contribution in [-0.4, -0.2) is 40.2 Å². The van der Waals surface area contributed by atoms with Gasteiger partial charge in [-0.15, -0.1) is 0 Å². The van der Waals surface area contributed by atoms with Crippen LogP contribution in [0.3, 0.4) is 0 Å². The monoisotopic (exact) mass is 382 g/mol. The van der Waals surface area contributed by atoms with Crippen molar-refractivity contribution >= 4 is 31.7 Å². The molecule has 0 aliphatic heterocycles. The maximum absolute atomic E-state index is 14.0. The Labute approximate surface area is 140 Å². The van der Waals surface area contributed by atoms with E-state index in [2.05, 4.69) is 0 Å². The summed E-state index contributed by atoms with van der Waals surface area (Å²) >= 11 is 0. The van der Waals surface area contributed by atoms with Crippen molar-refractivity contribution in [2.45, 2.75) is 37.1 Å². The van der Waals surface area contributed by atoms with Gasteiger partial charge in [0.25, 0.3) is 0 Å². The molecule has 0 aliphatic carbocycles. The number of carbonyl (C=O) groups is 1. The number of sulfonamides is 2. The predicted molar refractivity (Wildman–Crippen MR) is 86.1 cm³/mol. The molecule has 1 atom stereocenters. The molecule has 11 heteroatoms. The van der Waals surface area contributed by atoms with Crippen LogP contribution in [-0.2, 0) is 24.8 Å². The van der Waals surface area contributed by atoms with Gasteiger partial charge in [-0.1, -0.05) is 19.8 Å². The summed E-state index contributed by atoms with van der Waals surface area (Å²) in [4.78, 5) is 10.4. The molecule has 0 amide bonds. The van der Waals surface area contributed by atoms with Crippen LogP contribution in [0.5, 0.6) is 0 Å². The number of halogens is 1. The third-order valence-electron chi connectivity index (χ3n) is 2.97. The molecular formula is C13H19FN2O6S2. The highest BCUT2D eigenvalue weighted by molar-refractivity contribution is 7.92. The molecule has 0 fully saturated rings. The van der Waals surface area contributed by atoms with E-state index in [1.165, 1.54) is 0 Å². The Morgan fingerprint density at radius 3 is 2.38 bits per heavy atom. The summed E-state index contributed by atoms with van der Waals surface area (Å²) < 4.78 is 64.5. The van der Waals surface area contributed by atoms with Crippen LogP contribution in [0.15, 0.2) is 23.1 Å². The number of hydrogen-bond donors (Lipinski definition) is 3. The van der Waals surface area contributed by atoms with Gasteiger partial charge in [0, 0.05) is 0 Å². The van der Waals surface area contributed by atoms with Crippen molar-refractivity contribution in [3.8, 4) is 0 Å². The zero-order valence-electron chi connectivity index (χ0n) is 13.1. The smallest absolute Gasteiger partial charge is 0.321 e. The molecule has 0 saturated carbocycles. The van der Waals surface area contributed by atoms with E-state index in [0.717, 1.165) is 18.4 Å². The van der Waals surface area contributed by atoms with E-state index in [0.29, 0.717) is 18.9 Å². The highest BCUT2D eigenvalue weighted by Gasteiger charge is 2.27. The normalized spacial score (nSPS) is 13.5. The SMILES string of the molecule is CCCC[C@H](NS(=O)(=O)c1ccc(NS(C)(=O)=O)cc1F)C(=O)O. The molecule has 0 spiro atoms. The second kappa shape index (κ2) is 7.90. The number of carboxylic acid groups (broad SMARTS) is 1. The highest BCUT2D eigenvalue weighted by Crippen LogP contribution is 2.20. The number of hydrogen-bond acceptors (Lipinski definition) is 5. The molecule has 24 heavy (non-hydrogen) atoms. The first-order chi connectivity index (χ1) is 11.0. The molecule has 0 unspecified atom stereocenters. The van der Waals surface area contributed by atoms with Crippen molar-refractivity contribution in [1.82, 2.24) is 4.72 Å². The second-order valence-corrected chi connectivity index (χ2v) is 8.60. The van der Waals surface area contributed by atoms with E-state index in [1.807, 2.05) is 16.4 Å². The minimum atomic E-state index is -4.41. The maximum atomic E-state index is 14.0. The number of rotatable bonds is 9. The predicted octanol–water partition coefficient (Wildman–Crippen LogP) is 1.12. The van der Waals surface area contributed by atoms with Gasteiger partial charge in [-0.3, -0.25) is 9.52 Å². The minimum absolute atomic E-state index is 0.0698. The Balaban J connectivity index is 3.07. The molecule has 0 aliphatic rings. The molecule has 1 rings (SSSR count). The van der Waals surface area contributed by atoms with E-state index in [-0.39, 0.29) is 12.1 Å². The van der Waals surface area contributed by atoms with Crippen molar-refractivity contribution in [3.63, 3.8) is 0 Å². The maximum Gasteiger partial charge on any atom is 0.321 e. The first kappa shape index (κ1) is 20.3. The lowest BCUT2D eigenvalue weighted by Crippen LogP contribution is -2.40. The third kappa shape index (κ3) is 6.06. The minimum Gasteiger partial charge on any atom is -0.480 e. The van der Waals surface area contributed by atoms with Gasteiger partial charge in [-0.05, 0) is 24.6 Å². The van der Waals surface area contributed by atoms with Crippen molar-refractivity contribution in [2.24, 2.45) is 0 Å². The Morgan fingerprint density at radius 1 is 1.29 bits per heavy atom. The molecule has 8 nitrogen and oxygen atoms in total. The van der Waals surface area contributed by atoms with Gasteiger partial charge in [0.05, 0.1) is 11.9 Å². The van der Waals surface area contributed by atoms with Crippen molar-refractivity contribution in [2.75, 3.05) is 11.0 Å². The average Bonchev–Trinajstić information content (AvgIpc) is 2.41. The second-order valence-electron chi connectivity index (χ2n) is 5.17. The number of anilines is 1. The van der Waals surface area contributed by atoms with Gasteiger partial charge in [-0.2, -0.15) is 4.72 Å². The van der Waals surface area contributed by atoms with Crippen LogP contribution >= 0.6 is 0 Å². The van der Waals surface area contributed by atoms with Gasteiger partial charge in [0.2, 0.25) is 20.0 Å². The zero-order chi connectivity index (χ0) is 18.5. The fourth-order valence-corrected chi connectivity index (χ4v) is 3.73. The van der Waals surface area contributed by atoms with Crippen molar-refractivity contribution in [1.29, 1.82) is 0 Å². The number of benzene rings is 1. The fraction of sp³-hybridized carbons (Fsp3) is 0.462. The van der Waals surface area contributed by atoms with E-state index in [1.54, 1.807) is 0 Å². The van der Waals surface area contributed by atoms with Gasteiger partial charge in [0.1, 0.15) is 16.8 Å². The summed E-state index contributed by atoms with van der Waals surface area (Å²) in [6.07, 6.45) is 2.09. The molecule has 0 aromatic heterocycles. The summed E-state index contributed by atoms with van der Waals surface area (Å²) in [5, 5.41) is 9.05. The van der Waals surface area contributed by atoms with Gasteiger partial charge >= 0.3 is 5.97 Å². The molecule has 0 radical (unpaired) electrons. The quantitative estimate of drug-likeness (QED) is 0.587. The first-order valence-electron chi connectivity index (χ1n) is 6.98. The molecule has 0 heterocycles. The van der Waals surface area contributed by atoms with E-state index >= 15 is 0 Å². The Hall–Kier alpha value is -1.72. The van der Waals surface area contributed by atoms with Gasteiger partial charge < -0.3 is 5.11 Å². The number of aliphatic carboxylic acids is 1. The third-order valence-corrected chi connectivity index (χ3v) is 5.08. The number of nitrogens with one attached hydrogen (secondary N) is 2. The standard InChI is InChI=1S/C13H19FN2O6S2/c1-3-4-5-11(13(17)18)16-24(21,22)12-7-6-9(8-10(12)14)15-23(2,19)20/h6-8,11,15-16H,3-5H2,1-2H3,(H,17,18)/t11-/m0/s1. The molecular weight excluding hydrogens is 363 g/mol. The molecule has 0 saturated heterocycles. The van der Waals surface area contributed by atoms with Crippen LogP contribution in [0.1, 0.15) is 26.2 Å². The van der Waals surface area contributed by atoms with E-state index in [9.17, 15) is 26.0 Å². The lowest BCUT2D eigenvalue weighted by Gasteiger charge is -2.15. The van der Waals surface area contributed by atoms with Gasteiger partial charge in [-0.25, -0.2) is 21.2 Å². The highest BCUT2D eigenvalue weighted by atomic mass is 32.2. The molecule has 1 aromatic carbocycles. The Kier molecular flexibility index (Phi) is 6.69. The van der Waals surface area contributed by atoms with E-state index in [4.69, 9.17) is 5.11 Å². The Morgan fingerprint density at radius 2 is 1.92 bits per heavy atom. The van der Waals surface area contributed by atoms with E-state index < -0.39 is 42.8 Å². The van der Waals surface area contributed by atoms with Crippen LogP contribution < -0.4 is 9.44 Å². The summed E-state index contributed by atoms with van der Waals surface area (Å²) in [5.74, 6) is -2.56. The molecule has 1 aromatic rings. The number of carboxylic acids is 1. The zero-order valence-corrected chi connectivity index (χ0v) is 14.7. The van der Waals surface area contributed by atoms with Crippen LogP contribution in [0.4, 0.5) is 10.1 Å². The van der Waals surface area contributed by atoms with Crippen LogP contribution in [0.2, 0.25) is 0 Å². The van der Waals surface area contributed by atoms with Gasteiger partial charge in [0.15, 0.2) is 0 Å². The topological polar surface area (TPSA) is 130 Å². The van der Waals surface area contributed by atoms with Crippen molar-refractivity contribution in [3.05, 3.63) is 24.0 Å². The molecule has 0 bridgehead atoms. The Bertz CT molecular complexity index is 808. The van der Waals surface area contributed by atoms with Crippen molar-refractivity contribution < 1.29 is 31.1 Å². The lowest BCUT2D eigenvalue weighted by atomic mass is 10.1. The number of unbranched alkanes of at least 4 members (excludes halogenated alkanes) is 1. The average molecular weight is 382 g/mol. The summed E-state index contributed by atoms with van der Waals surface area (Å²) in [6.45, 7) is 1.82. The fourth-order valence-electron chi connectivity index (χ4n) is 1.89. The summed E-state index contributed by atoms with van der Waals surface area (Å²) in [5.41, 5.74) is -0.144. The van der Waals surface area contributed by atoms with Crippen LogP contribution in [0, 0.1) is 5.82 Å². The molecule has 136 valence electrons. The molecule has 3 N–H and O–H groups in total. The first-order valence-corrected chi connectivity index (χ1v) is 10.4. The summed E-state index contributed by atoms with van der Waals surface area (Å²) in [7, 11) is -8.05. The largest absolute Gasteiger partial charge is 0.480 e. The summed E-state index contributed by atoms with van der Waals surface area (Å²) in [6, 6.07) is 1.27. The lowest BCUT2D eigenvalue weighted by molar-refractivity contribution is -0.139. The van der Waals surface area contributed by atoms with Crippen LogP contribution in [0.25, 0.3) is 0 Å².